The maximum atomic E-state index is 12.4. The molecule has 0 bridgehead atoms. The van der Waals surface area contributed by atoms with Gasteiger partial charge in [0.25, 0.3) is 5.91 Å². The maximum Gasteiger partial charge on any atom is 0.338 e. The van der Waals surface area contributed by atoms with Crippen molar-refractivity contribution in [3.8, 4) is 5.88 Å². The number of hydrogen-bond donors (Lipinski definition) is 1. The lowest BCUT2D eigenvalue weighted by Crippen LogP contribution is -2.47. The van der Waals surface area contributed by atoms with Crippen molar-refractivity contribution in [2.75, 3.05) is 54.5 Å². The number of rotatable bonds is 8. The maximum absolute atomic E-state index is 12.4. The number of para-hydroxylation sites is 1. The number of nitrogens with one attached hydrogen (secondary N) is 1. The molecule has 35 heavy (non-hydrogen) atoms. The minimum Gasteiger partial charge on any atom is -0.467 e. The van der Waals surface area contributed by atoms with Crippen molar-refractivity contribution in [1.29, 1.82) is 0 Å². The zero-order chi connectivity index (χ0) is 24.6. The summed E-state index contributed by atoms with van der Waals surface area (Å²) in [4.78, 5) is 37.7. The van der Waals surface area contributed by atoms with Crippen LogP contribution in [0.15, 0.2) is 60.7 Å². The first-order valence-corrected chi connectivity index (χ1v) is 11.6. The highest BCUT2D eigenvalue weighted by molar-refractivity contribution is 5.93. The Morgan fingerprint density at radius 2 is 1.63 bits per heavy atom. The molecule has 2 aromatic carbocycles. The normalized spacial score (nSPS) is 13.3. The number of carbonyl (C=O) groups is 2. The van der Waals surface area contributed by atoms with Crippen LogP contribution >= 0.6 is 0 Å². The van der Waals surface area contributed by atoms with E-state index in [-0.39, 0.29) is 12.5 Å². The molecule has 0 aliphatic carbocycles. The summed E-state index contributed by atoms with van der Waals surface area (Å²) in [6.45, 7) is 7.06. The summed E-state index contributed by atoms with van der Waals surface area (Å²) in [6, 6.07) is 18.5. The predicted octanol–water partition coefficient (Wildman–Crippen LogP) is 3.31. The van der Waals surface area contributed by atoms with E-state index in [4.69, 9.17) is 9.47 Å². The molecule has 1 aliphatic heterocycles. The van der Waals surface area contributed by atoms with E-state index in [1.165, 1.54) is 5.69 Å². The Balaban J connectivity index is 1.30. The van der Waals surface area contributed by atoms with Crippen LogP contribution in [0.25, 0.3) is 0 Å². The van der Waals surface area contributed by atoms with Crippen molar-refractivity contribution < 1.29 is 19.1 Å². The minimum absolute atomic E-state index is 0.197. The Labute approximate surface area is 204 Å². The van der Waals surface area contributed by atoms with Gasteiger partial charge in [-0.3, -0.25) is 4.79 Å². The van der Waals surface area contributed by atoms with Crippen LogP contribution in [0.5, 0.6) is 5.88 Å². The summed E-state index contributed by atoms with van der Waals surface area (Å²) in [5, 5.41) is 2.75. The van der Waals surface area contributed by atoms with Gasteiger partial charge in [0.05, 0.1) is 12.2 Å². The number of esters is 1. The first-order valence-electron chi connectivity index (χ1n) is 11.6. The van der Waals surface area contributed by atoms with Gasteiger partial charge < -0.3 is 24.6 Å². The molecule has 1 fully saturated rings. The number of nitrogens with zero attached hydrogens (tertiary/aromatic N) is 4. The van der Waals surface area contributed by atoms with Gasteiger partial charge >= 0.3 is 5.97 Å². The molecule has 0 unspecified atom stereocenters. The first kappa shape index (κ1) is 24.0. The zero-order valence-corrected chi connectivity index (χ0v) is 19.9. The fraction of sp³-hybridized carbons (Fsp3) is 0.308. The lowest BCUT2D eigenvalue weighted by atomic mass is 10.2. The summed E-state index contributed by atoms with van der Waals surface area (Å²) in [5.41, 5.74) is 2.96. The lowest BCUT2D eigenvalue weighted by molar-refractivity contribution is -0.118. The monoisotopic (exact) mass is 475 g/mol. The van der Waals surface area contributed by atoms with E-state index in [9.17, 15) is 9.59 Å². The van der Waals surface area contributed by atoms with E-state index in [1.54, 1.807) is 37.3 Å². The van der Waals surface area contributed by atoms with Crippen LogP contribution in [0.3, 0.4) is 0 Å². The molecule has 9 nitrogen and oxygen atoms in total. The van der Waals surface area contributed by atoms with Crippen molar-refractivity contribution in [3.05, 3.63) is 71.9 Å². The first-order chi connectivity index (χ1) is 17.0. The topological polar surface area (TPSA) is 96.9 Å². The van der Waals surface area contributed by atoms with E-state index in [2.05, 4.69) is 37.2 Å². The Morgan fingerprint density at radius 1 is 0.943 bits per heavy atom. The Morgan fingerprint density at radius 3 is 2.31 bits per heavy atom. The number of amides is 1. The van der Waals surface area contributed by atoms with Crippen LogP contribution in [-0.2, 0) is 9.53 Å². The van der Waals surface area contributed by atoms with Gasteiger partial charge in [0.2, 0.25) is 11.8 Å². The molecule has 1 aromatic heterocycles. The molecule has 1 N–H and O–H groups in total. The van der Waals surface area contributed by atoms with Crippen molar-refractivity contribution in [2.45, 2.75) is 13.8 Å². The average Bonchev–Trinajstić information content (AvgIpc) is 2.88. The predicted molar refractivity (Wildman–Crippen MR) is 134 cm³/mol. The second kappa shape index (κ2) is 11.3. The van der Waals surface area contributed by atoms with Crippen LogP contribution in [0.1, 0.15) is 23.0 Å². The molecule has 3 aromatic rings. The molecule has 0 atom stereocenters. The van der Waals surface area contributed by atoms with Gasteiger partial charge in [-0.25, -0.2) is 9.78 Å². The van der Waals surface area contributed by atoms with Gasteiger partial charge in [0.15, 0.2) is 6.61 Å². The number of ether oxygens (including phenoxy) is 2. The number of aromatic nitrogens is 2. The van der Waals surface area contributed by atoms with E-state index < -0.39 is 5.97 Å². The van der Waals surface area contributed by atoms with Crippen molar-refractivity contribution >= 4 is 29.2 Å². The fourth-order valence-electron chi connectivity index (χ4n) is 3.78. The van der Waals surface area contributed by atoms with Crippen molar-refractivity contribution in [2.24, 2.45) is 0 Å². The molecule has 1 amide bonds. The SMILES string of the molecule is CCOC(=O)c1ccc(NC(=O)COc2cc(C)nc(N3CCN(c4ccccc4)CC3)n2)cc1. The van der Waals surface area contributed by atoms with Gasteiger partial charge in [-0.2, -0.15) is 4.98 Å². The van der Waals surface area contributed by atoms with Crippen LogP contribution < -0.4 is 19.9 Å². The molecule has 1 saturated heterocycles. The van der Waals surface area contributed by atoms with Gasteiger partial charge in [0.1, 0.15) is 0 Å². The van der Waals surface area contributed by atoms with Crippen LogP contribution in [0, 0.1) is 6.92 Å². The molecule has 4 rings (SSSR count). The minimum atomic E-state index is -0.398. The van der Waals surface area contributed by atoms with Gasteiger partial charge in [-0.15, -0.1) is 0 Å². The van der Waals surface area contributed by atoms with E-state index in [0.29, 0.717) is 29.7 Å². The summed E-state index contributed by atoms with van der Waals surface area (Å²) in [7, 11) is 0. The summed E-state index contributed by atoms with van der Waals surface area (Å²) in [6.07, 6.45) is 0. The third kappa shape index (κ3) is 6.47. The second-order valence-corrected chi connectivity index (χ2v) is 8.09. The largest absolute Gasteiger partial charge is 0.467 e. The average molecular weight is 476 g/mol. The molecule has 2 heterocycles. The third-order valence-electron chi connectivity index (χ3n) is 5.53. The van der Waals surface area contributed by atoms with E-state index in [0.717, 1.165) is 31.9 Å². The Hall–Kier alpha value is -4.14. The standard InChI is InChI=1S/C26H29N5O4/c1-3-34-25(33)20-9-11-21(12-10-20)28-23(32)18-35-24-17-19(2)27-26(29-24)31-15-13-30(14-16-31)22-7-5-4-6-8-22/h4-12,17H,3,13-16,18H2,1-2H3,(H,28,32). The Kier molecular flexibility index (Phi) is 7.77. The van der Waals surface area contributed by atoms with E-state index in [1.807, 2.05) is 25.1 Å². The summed E-state index contributed by atoms with van der Waals surface area (Å²) < 4.78 is 10.6. The van der Waals surface area contributed by atoms with Crippen molar-refractivity contribution in [1.82, 2.24) is 9.97 Å². The molecule has 0 radical (unpaired) electrons. The zero-order valence-electron chi connectivity index (χ0n) is 19.9. The molecular formula is C26H29N5O4. The third-order valence-corrected chi connectivity index (χ3v) is 5.53. The lowest BCUT2D eigenvalue weighted by Gasteiger charge is -2.36. The van der Waals surface area contributed by atoms with Crippen LogP contribution in [0.2, 0.25) is 0 Å². The highest BCUT2D eigenvalue weighted by atomic mass is 16.5. The molecule has 182 valence electrons. The second-order valence-electron chi connectivity index (χ2n) is 8.09. The van der Waals surface area contributed by atoms with Gasteiger partial charge in [-0.1, -0.05) is 18.2 Å². The summed E-state index contributed by atoms with van der Waals surface area (Å²) >= 11 is 0. The number of hydrogen-bond acceptors (Lipinski definition) is 8. The van der Waals surface area contributed by atoms with Crippen molar-refractivity contribution in [3.63, 3.8) is 0 Å². The number of piperazine rings is 1. The molecule has 1 aliphatic rings. The van der Waals surface area contributed by atoms with Crippen LogP contribution in [-0.4, -0.2) is 61.2 Å². The van der Waals surface area contributed by atoms with Crippen LogP contribution in [0.4, 0.5) is 17.3 Å². The number of benzene rings is 2. The van der Waals surface area contributed by atoms with E-state index >= 15 is 0 Å². The number of aryl methyl sites for hydroxylation is 1. The highest BCUT2D eigenvalue weighted by Crippen LogP contribution is 2.20. The number of anilines is 3. The Bertz CT molecular complexity index is 1150. The summed E-state index contributed by atoms with van der Waals surface area (Å²) in [5.74, 6) is 0.224. The number of carbonyl (C=O) groups excluding carboxylic acids is 2. The smallest absolute Gasteiger partial charge is 0.338 e. The molecular weight excluding hydrogens is 446 g/mol. The quantitative estimate of drug-likeness (QED) is 0.496. The van der Waals surface area contributed by atoms with Gasteiger partial charge in [-0.05, 0) is 50.2 Å². The molecule has 0 saturated carbocycles. The molecule has 0 spiro atoms. The fourth-order valence-corrected chi connectivity index (χ4v) is 3.78. The highest BCUT2D eigenvalue weighted by Gasteiger charge is 2.20. The molecule has 9 heteroatoms. The van der Waals surface area contributed by atoms with Gasteiger partial charge in [0, 0.05) is 49.3 Å².